The summed E-state index contributed by atoms with van der Waals surface area (Å²) in [6, 6.07) is 5.27. The van der Waals surface area contributed by atoms with Gasteiger partial charge in [-0.25, -0.2) is 4.98 Å². The standard InChI is InChI=1S/C18H16F6N2O2S/c1-2-13(14(27)10-5-7-11(8-6-10)17(19,20)21)26-15(28)12-4-3-9-25-16(12)29-18(22,23)24/h3-9,13-14,27H,2H2,1H3,(H,26,28)/t13-,14-/m1/s1. The van der Waals surface area contributed by atoms with Crippen molar-refractivity contribution in [1.29, 1.82) is 0 Å². The maximum Gasteiger partial charge on any atom is 0.447 e. The zero-order chi connectivity index (χ0) is 21.8. The lowest BCUT2D eigenvalue weighted by molar-refractivity contribution is -0.137. The Morgan fingerprint density at radius 3 is 2.28 bits per heavy atom. The number of rotatable bonds is 6. The third kappa shape index (κ3) is 6.36. The molecular weight excluding hydrogens is 422 g/mol. The lowest BCUT2D eigenvalue weighted by Gasteiger charge is -2.24. The number of hydrogen-bond acceptors (Lipinski definition) is 4. The van der Waals surface area contributed by atoms with Crippen molar-refractivity contribution < 1.29 is 36.2 Å². The van der Waals surface area contributed by atoms with Crippen LogP contribution >= 0.6 is 11.8 Å². The summed E-state index contributed by atoms with van der Waals surface area (Å²) in [5.41, 5.74) is -5.74. The Morgan fingerprint density at radius 1 is 1.14 bits per heavy atom. The molecule has 158 valence electrons. The first-order chi connectivity index (χ1) is 13.4. The third-order valence-electron chi connectivity index (χ3n) is 3.95. The van der Waals surface area contributed by atoms with E-state index in [1.165, 1.54) is 6.07 Å². The molecule has 2 aromatic rings. The minimum atomic E-state index is -4.65. The van der Waals surface area contributed by atoms with Gasteiger partial charge in [0.05, 0.1) is 23.3 Å². The summed E-state index contributed by atoms with van der Waals surface area (Å²) < 4.78 is 75.9. The minimum Gasteiger partial charge on any atom is -0.386 e. The molecule has 0 aliphatic heterocycles. The van der Waals surface area contributed by atoms with Gasteiger partial charge in [0, 0.05) is 18.0 Å². The maximum absolute atomic E-state index is 12.7. The summed E-state index contributed by atoms with van der Waals surface area (Å²) in [7, 11) is 0. The number of nitrogens with one attached hydrogen (secondary N) is 1. The first kappa shape index (κ1) is 23.0. The quantitative estimate of drug-likeness (QED) is 0.495. The first-order valence-corrected chi connectivity index (χ1v) is 9.11. The van der Waals surface area contributed by atoms with Gasteiger partial charge in [-0.1, -0.05) is 19.1 Å². The van der Waals surface area contributed by atoms with Crippen molar-refractivity contribution in [3.63, 3.8) is 0 Å². The van der Waals surface area contributed by atoms with Crippen LogP contribution in [0, 0.1) is 0 Å². The molecule has 1 heterocycles. The Morgan fingerprint density at radius 2 is 1.76 bits per heavy atom. The van der Waals surface area contributed by atoms with Gasteiger partial charge >= 0.3 is 11.7 Å². The molecule has 0 spiro atoms. The van der Waals surface area contributed by atoms with E-state index in [-0.39, 0.29) is 17.5 Å². The van der Waals surface area contributed by atoms with Crippen molar-refractivity contribution in [2.24, 2.45) is 0 Å². The second kappa shape index (κ2) is 9.04. The lowest BCUT2D eigenvalue weighted by Crippen LogP contribution is -2.39. The van der Waals surface area contributed by atoms with Gasteiger partial charge in [-0.3, -0.25) is 4.79 Å². The molecule has 1 amide bonds. The smallest absolute Gasteiger partial charge is 0.386 e. The van der Waals surface area contributed by atoms with E-state index in [2.05, 4.69) is 10.3 Å². The van der Waals surface area contributed by atoms with Crippen LogP contribution < -0.4 is 5.32 Å². The van der Waals surface area contributed by atoms with E-state index >= 15 is 0 Å². The van der Waals surface area contributed by atoms with E-state index in [0.29, 0.717) is 0 Å². The summed E-state index contributed by atoms with van der Waals surface area (Å²) in [5, 5.41) is 12.3. The fourth-order valence-corrected chi connectivity index (χ4v) is 3.11. The average Bonchev–Trinajstić information content (AvgIpc) is 2.64. The van der Waals surface area contributed by atoms with Gasteiger partial charge in [0.1, 0.15) is 5.03 Å². The number of aromatic nitrogens is 1. The molecule has 2 rings (SSSR count). The van der Waals surface area contributed by atoms with Crippen molar-refractivity contribution in [2.45, 2.75) is 42.2 Å². The van der Waals surface area contributed by atoms with Gasteiger partial charge in [-0.05, 0) is 36.2 Å². The molecule has 2 N–H and O–H groups in total. The van der Waals surface area contributed by atoms with Crippen LogP contribution in [0.3, 0.4) is 0 Å². The van der Waals surface area contributed by atoms with E-state index in [0.717, 1.165) is 36.5 Å². The molecule has 4 nitrogen and oxygen atoms in total. The highest BCUT2D eigenvalue weighted by molar-refractivity contribution is 8.00. The van der Waals surface area contributed by atoms with Gasteiger partial charge in [-0.2, -0.15) is 26.3 Å². The van der Waals surface area contributed by atoms with Crippen LogP contribution in [0.25, 0.3) is 0 Å². The number of aliphatic hydroxyl groups is 1. The largest absolute Gasteiger partial charge is 0.447 e. The summed E-state index contributed by atoms with van der Waals surface area (Å²) in [4.78, 5) is 16.0. The zero-order valence-electron chi connectivity index (χ0n) is 14.9. The van der Waals surface area contributed by atoms with Crippen molar-refractivity contribution in [2.75, 3.05) is 0 Å². The number of carbonyl (C=O) groups is 1. The lowest BCUT2D eigenvalue weighted by atomic mass is 9.98. The summed E-state index contributed by atoms with van der Waals surface area (Å²) in [6.07, 6.45) is -4.61. The van der Waals surface area contributed by atoms with E-state index < -0.39 is 52.1 Å². The van der Waals surface area contributed by atoms with Gasteiger partial charge in [-0.15, -0.1) is 0 Å². The number of alkyl halides is 6. The normalized spacial score (nSPS) is 14.3. The number of thioether (sulfide) groups is 1. The number of pyridine rings is 1. The molecule has 0 unspecified atom stereocenters. The van der Waals surface area contributed by atoms with Gasteiger partial charge in [0.2, 0.25) is 0 Å². The van der Waals surface area contributed by atoms with Crippen LogP contribution in [0.5, 0.6) is 0 Å². The van der Waals surface area contributed by atoms with Crippen molar-refractivity contribution in [3.8, 4) is 0 Å². The Bertz CT molecular complexity index is 839. The van der Waals surface area contributed by atoms with Gasteiger partial charge in [0.15, 0.2) is 0 Å². The molecule has 11 heteroatoms. The average molecular weight is 438 g/mol. The van der Waals surface area contributed by atoms with Crippen LogP contribution in [0.15, 0.2) is 47.6 Å². The fraction of sp³-hybridized carbons (Fsp3) is 0.333. The zero-order valence-corrected chi connectivity index (χ0v) is 15.7. The van der Waals surface area contributed by atoms with E-state index in [1.54, 1.807) is 6.92 Å². The number of aliphatic hydroxyl groups excluding tert-OH is 1. The van der Waals surface area contributed by atoms with Crippen molar-refractivity contribution in [1.82, 2.24) is 10.3 Å². The molecular formula is C18H16F6N2O2S. The molecule has 0 saturated heterocycles. The molecule has 1 aromatic carbocycles. The number of halogens is 6. The third-order valence-corrected chi connectivity index (χ3v) is 4.70. The van der Waals surface area contributed by atoms with Gasteiger partial charge < -0.3 is 10.4 Å². The monoisotopic (exact) mass is 438 g/mol. The second-order valence-electron chi connectivity index (χ2n) is 5.96. The number of benzene rings is 1. The molecule has 2 atom stereocenters. The Labute approximate surface area is 166 Å². The summed E-state index contributed by atoms with van der Waals surface area (Å²) in [6.45, 7) is 1.60. The number of hydrogen-bond donors (Lipinski definition) is 2. The fourth-order valence-electron chi connectivity index (χ4n) is 2.51. The Kier molecular flexibility index (Phi) is 7.17. The van der Waals surface area contributed by atoms with E-state index in [9.17, 15) is 36.2 Å². The van der Waals surface area contributed by atoms with Gasteiger partial charge in [0.25, 0.3) is 5.91 Å². The van der Waals surface area contributed by atoms with Crippen LogP contribution in [0.1, 0.15) is 40.9 Å². The molecule has 29 heavy (non-hydrogen) atoms. The highest BCUT2D eigenvalue weighted by atomic mass is 32.2. The molecule has 0 bridgehead atoms. The maximum atomic E-state index is 12.7. The highest BCUT2D eigenvalue weighted by Crippen LogP contribution is 2.37. The first-order valence-electron chi connectivity index (χ1n) is 8.29. The Hall–Kier alpha value is -2.27. The predicted octanol–water partition coefficient (Wildman–Crippen LogP) is 4.95. The topological polar surface area (TPSA) is 62.2 Å². The predicted molar refractivity (Wildman–Crippen MR) is 94.1 cm³/mol. The second-order valence-corrected chi connectivity index (χ2v) is 7.01. The van der Waals surface area contributed by atoms with E-state index in [4.69, 9.17) is 0 Å². The van der Waals surface area contributed by atoms with Crippen LogP contribution in [0.2, 0.25) is 0 Å². The number of nitrogens with zero attached hydrogens (tertiary/aromatic N) is 1. The highest BCUT2D eigenvalue weighted by Gasteiger charge is 2.33. The van der Waals surface area contributed by atoms with Crippen LogP contribution in [-0.2, 0) is 6.18 Å². The Balaban J connectivity index is 2.18. The molecule has 0 aliphatic carbocycles. The van der Waals surface area contributed by atoms with E-state index in [1.807, 2.05) is 0 Å². The molecule has 0 saturated carbocycles. The van der Waals surface area contributed by atoms with Crippen molar-refractivity contribution >= 4 is 17.7 Å². The van der Waals surface area contributed by atoms with Crippen molar-refractivity contribution in [3.05, 3.63) is 59.3 Å². The summed E-state index contributed by atoms with van der Waals surface area (Å²) in [5.74, 6) is -0.886. The van der Waals surface area contributed by atoms with Crippen LogP contribution in [0.4, 0.5) is 26.3 Å². The van der Waals surface area contributed by atoms with Crippen LogP contribution in [-0.4, -0.2) is 27.5 Å². The molecule has 0 aliphatic rings. The number of amides is 1. The SMILES string of the molecule is CC[C@@H](NC(=O)c1cccnc1SC(F)(F)F)[C@H](O)c1ccc(C(F)(F)F)cc1. The molecule has 0 radical (unpaired) electrons. The molecule has 1 aromatic heterocycles. The number of carbonyl (C=O) groups excluding carboxylic acids is 1. The summed E-state index contributed by atoms with van der Waals surface area (Å²) >= 11 is -0.542. The molecule has 0 fully saturated rings. The minimum absolute atomic E-state index is 0.126.